The number of benzene rings is 1. The number of phenolic OH excluding ortho intramolecular Hbond substituents is 1. The fourth-order valence-corrected chi connectivity index (χ4v) is 1.38. The smallest absolute Gasteiger partial charge is 0.222 e. The van der Waals surface area contributed by atoms with Gasteiger partial charge in [-0.3, -0.25) is 0 Å². The number of hydrogen-bond acceptors (Lipinski definition) is 4. The van der Waals surface area contributed by atoms with Crippen molar-refractivity contribution in [2.75, 3.05) is 0 Å². The first-order valence-electron chi connectivity index (χ1n) is 4.70. The molecule has 0 amide bonds. The quantitative estimate of drug-likeness (QED) is 0.758. The number of aromatic hydroxyl groups is 1. The molecule has 6 nitrogen and oxygen atoms in total. The molecule has 3 N–H and O–H groups in total. The number of aliphatic hydroxyl groups is 1. The molecular formula is C10H11N3O3. The number of phenols is 1. The maximum atomic E-state index is 9.83. The Hall–Kier alpha value is -2.08. The lowest BCUT2D eigenvalue weighted by atomic mass is 10.1. The Morgan fingerprint density at radius 3 is 2.94 bits per heavy atom. The third kappa shape index (κ3) is 2.29. The highest BCUT2D eigenvalue weighted by Gasteiger charge is 2.16. The van der Waals surface area contributed by atoms with Crippen LogP contribution < -0.4 is 4.68 Å². The van der Waals surface area contributed by atoms with Gasteiger partial charge in [0, 0.05) is 0 Å². The Morgan fingerprint density at radius 1 is 1.50 bits per heavy atom. The van der Waals surface area contributed by atoms with Crippen molar-refractivity contribution in [1.29, 1.82) is 0 Å². The first-order chi connectivity index (χ1) is 7.65. The third-order valence-corrected chi connectivity index (χ3v) is 2.13. The molecule has 2 aromatic rings. The standard InChI is InChI=1S/C10H11N3O3/c11-10-6-13(12-16-10)5-9(15)7-2-1-3-8(14)4-7/h1-4,6,9,15H,5H2,(H2-,11,12,14). The highest BCUT2D eigenvalue weighted by atomic mass is 16.5. The van der Waals surface area contributed by atoms with Gasteiger partial charge in [-0.2, -0.15) is 0 Å². The summed E-state index contributed by atoms with van der Waals surface area (Å²) in [5, 5.41) is 22.6. The summed E-state index contributed by atoms with van der Waals surface area (Å²) in [4.78, 5) is 0. The summed E-state index contributed by atoms with van der Waals surface area (Å²) in [5.41, 5.74) is 7.71. The summed E-state index contributed by atoms with van der Waals surface area (Å²) in [5.74, 6) is 0.0333. The molecule has 0 saturated carbocycles. The van der Waals surface area contributed by atoms with Gasteiger partial charge in [0.05, 0.1) is 0 Å². The van der Waals surface area contributed by atoms with Crippen LogP contribution in [-0.4, -0.2) is 15.5 Å². The minimum absolute atomic E-state index is 0.0666. The van der Waals surface area contributed by atoms with E-state index in [1.807, 2.05) is 0 Å². The van der Waals surface area contributed by atoms with Crippen LogP contribution in [0.3, 0.4) is 0 Å². The lowest BCUT2D eigenvalue weighted by molar-refractivity contribution is -0.768. The highest BCUT2D eigenvalue weighted by molar-refractivity contribution is 5.28. The minimum Gasteiger partial charge on any atom is -0.660 e. The van der Waals surface area contributed by atoms with Gasteiger partial charge in [0.1, 0.15) is 17.7 Å². The van der Waals surface area contributed by atoms with E-state index in [4.69, 9.17) is 5.73 Å². The molecule has 1 unspecified atom stereocenters. The minimum atomic E-state index is -0.804. The lowest BCUT2D eigenvalue weighted by Crippen LogP contribution is -2.37. The number of nitrogens with zero attached hydrogens (tertiary/aromatic N) is 2. The Balaban J connectivity index is 2.11. The molecule has 1 heterocycles. The van der Waals surface area contributed by atoms with Crippen molar-refractivity contribution < 1.29 is 19.4 Å². The Morgan fingerprint density at radius 2 is 2.31 bits per heavy atom. The molecule has 16 heavy (non-hydrogen) atoms. The lowest BCUT2D eigenvalue weighted by Gasteiger charge is -2.05. The van der Waals surface area contributed by atoms with Gasteiger partial charge in [-0.25, -0.2) is 0 Å². The maximum absolute atomic E-state index is 9.83. The first kappa shape index (κ1) is 10.4. The number of nitrogens with one attached hydrogen (secondary N) is 1. The highest BCUT2D eigenvalue weighted by Crippen LogP contribution is 2.18. The Labute approximate surface area is 91.5 Å². The van der Waals surface area contributed by atoms with Crippen molar-refractivity contribution in [2.24, 2.45) is 0 Å². The summed E-state index contributed by atoms with van der Waals surface area (Å²) < 4.78 is 5.87. The molecule has 1 aromatic carbocycles. The number of aliphatic hydroxyl groups excluding tert-OH is 1. The van der Waals surface area contributed by atoms with Gasteiger partial charge in [0.25, 0.3) is 0 Å². The van der Waals surface area contributed by atoms with Gasteiger partial charge in [0.2, 0.25) is 12.7 Å². The second kappa shape index (κ2) is 4.19. The predicted molar refractivity (Wildman–Crippen MR) is 53.7 cm³/mol. The number of rotatable bonds is 3. The fraction of sp³-hybridized carbons (Fsp3) is 0.200. The van der Waals surface area contributed by atoms with Gasteiger partial charge in [0.15, 0.2) is 5.27 Å². The van der Waals surface area contributed by atoms with Crippen LogP contribution in [-0.2, 0) is 6.54 Å². The van der Waals surface area contributed by atoms with Gasteiger partial charge in [-0.1, -0.05) is 16.8 Å². The van der Waals surface area contributed by atoms with Crippen molar-refractivity contribution in [3.05, 3.63) is 41.8 Å². The topological polar surface area (TPSA) is 94.2 Å². The zero-order valence-corrected chi connectivity index (χ0v) is 8.37. The van der Waals surface area contributed by atoms with Crippen LogP contribution in [0.1, 0.15) is 11.7 Å². The second-order valence-electron chi connectivity index (χ2n) is 3.40. The van der Waals surface area contributed by atoms with Crippen LogP contribution >= 0.6 is 0 Å². The van der Waals surface area contributed by atoms with Crippen molar-refractivity contribution in [1.82, 2.24) is 5.27 Å². The predicted octanol–water partition coefficient (Wildman–Crippen LogP) is 1.08. The van der Waals surface area contributed by atoms with E-state index in [1.54, 1.807) is 12.1 Å². The summed E-state index contributed by atoms with van der Waals surface area (Å²) in [7, 11) is 0. The van der Waals surface area contributed by atoms with E-state index in [1.165, 1.54) is 23.0 Å². The van der Waals surface area contributed by atoms with E-state index < -0.39 is 6.10 Å². The molecule has 0 aliphatic rings. The number of aromatic nitrogens is 2. The third-order valence-electron chi connectivity index (χ3n) is 2.13. The molecule has 6 heteroatoms. The Kier molecular flexibility index (Phi) is 2.74. The maximum Gasteiger partial charge on any atom is 0.222 e. The van der Waals surface area contributed by atoms with Gasteiger partial charge >= 0.3 is 0 Å². The molecular weight excluding hydrogens is 210 g/mol. The van der Waals surface area contributed by atoms with Crippen LogP contribution in [0.5, 0.6) is 5.75 Å². The van der Waals surface area contributed by atoms with Crippen molar-refractivity contribution in [3.8, 4) is 5.75 Å². The summed E-state index contributed by atoms with van der Waals surface area (Å²) >= 11 is 0. The molecule has 0 spiro atoms. The van der Waals surface area contributed by atoms with E-state index in [2.05, 4.69) is 9.79 Å². The van der Waals surface area contributed by atoms with E-state index in [-0.39, 0.29) is 18.2 Å². The molecule has 84 valence electrons. The SMILES string of the molecule is [NH-]c1c[n+](CC(O)c2cccc(O)c2)no1. The summed E-state index contributed by atoms with van der Waals surface area (Å²) in [6.45, 7) is 0.172. The van der Waals surface area contributed by atoms with Crippen LogP contribution in [0.15, 0.2) is 35.0 Å². The molecule has 2 rings (SSSR count). The van der Waals surface area contributed by atoms with Crippen molar-refractivity contribution in [3.63, 3.8) is 0 Å². The van der Waals surface area contributed by atoms with E-state index >= 15 is 0 Å². The van der Waals surface area contributed by atoms with Crippen LogP contribution in [0, 0.1) is 0 Å². The van der Waals surface area contributed by atoms with Crippen molar-refractivity contribution >= 4 is 5.88 Å². The van der Waals surface area contributed by atoms with E-state index in [9.17, 15) is 10.2 Å². The zero-order valence-electron chi connectivity index (χ0n) is 8.37. The summed E-state index contributed by atoms with van der Waals surface area (Å²) in [6.07, 6.45) is 0.563. The molecule has 0 aliphatic carbocycles. The molecule has 0 radical (unpaired) electrons. The molecule has 0 saturated heterocycles. The second-order valence-corrected chi connectivity index (χ2v) is 3.40. The van der Waals surface area contributed by atoms with Crippen LogP contribution in [0.2, 0.25) is 0 Å². The Bertz CT molecular complexity index is 484. The average molecular weight is 221 g/mol. The molecule has 0 fully saturated rings. The van der Waals surface area contributed by atoms with Crippen LogP contribution in [0.25, 0.3) is 5.73 Å². The molecule has 1 atom stereocenters. The van der Waals surface area contributed by atoms with Gasteiger partial charge < -0.3 is 20.5 Å². The van der Waals surface area contributed by atoms with Gasteiger partial charge in [-0.15, -0.1) is 0 Å². The number of hydrogen-bond donors (Lipinski definition) is 2. The zero-order chi connectivity index (χ0) is 11.5. The molecule has 1 aromatic heterocycles. The van der Waals surface area contributed by atoms with E-state index in [0.29, 0.717) is 5.56 Å². The largest absolute Gasteiger partial charge is 0.660 e. The van der Waals surface area contributed by atoms with Gasteiger partial charge in [-0.05, 0) is 17.7 Å². The summed E-state index contributed by atoms with van der Waals surface area (Å²) in [6, 6.07) is 6.36. The van der Waals surface area contributed by atoms with Crippen molar-refractivity contribution in [2.45, 2.75) is 12.6 Å². The average Bonchev–Trinajstić information content (AvgIpc) is 2.64. The first-order valence-corrected chi connectivity index (χ1v) is 4.70. The van der Waals surface area contributed by atoms with Crippen LogP contribution in [0.4, 0.5) is 5.88 Å². The monoisotopic (exact) mass is 221 g/mol. The normalized spacial score (nSPS) is 12.6. The fourth-order valence-electron chi connectivity index (χ4n) is 1.38. The van der Waals surface area contributed by atoms with E-state index in [0.717, 1.165) is 0 Å². The molecule has 0 aliphatic heterocycles. The molecule has 0 bridgehead atoms.